The zero-order chi connectivity index (χ0) is 19.0. The molecule has 3 heterocycles. The lowest BCUT2D eigenvalue weighted by molar-refractivity contribution is -0.126. The van der Waals surface area contributed by atoms with Crippen molar-refractivity contribution in [3.05, 3.63) is 66.3 Å². The molecule has 0 bridgehead atoms. The summed E-state index contributed by atoms with van der Waals surface area (Å²) in [6, 6.07) is 8.06. The first-order chi connectivity index (χ1) is 13.0. The van der Waals surface area contributed by atoms with E-state index >= 15 is 0 Å². The normalized spacial score (nSPS) is 13.3. The van der Waals surface area contributed by atoms with Crippen LogP contribution in [-0.4, -0.2) is 37.1 Å². The Morgan fingerprint density at radius 2 is 2.15 bits per heavy atom. The summed E-state index contributed by atoms with van der Waals surface area (Å²) in [6.07, 6.45) is 3.78. The Balaban J connectivity index is 1.87. The van der Waals surface area contributed by atoms with E-state index in [-0.39, 0.29) is 11.7 Å². The second kappa shape index (κ2) is 6.75. The SMILES string of the molecule is C=CC(=O)N1CCc2c(nc(-c3cccc(F)c3)nc2-c2ccn(C)n2)C1. The van der Waals surface area contributed by atoms with Gasteiger partial charge in [-0.25, -0.2) is 14.4 Å². The van der Waals surface area contributed by atoms with Crippen molar-refractivity contribution < 1.29 is 9.18 Å². The van der Waals surface area contributed by atoms with Gasteiger partial charge in [0.2, 0.25) is 5.91 Å². The van der Waals surface area contributed by atoms with Crippen LogP contribution in [0.1, 0.15) is 11.3 Å². The molecule has 27 heavy (non-hydrogen) atoms. The fourth-order valence-corrected chi connectivity index (χ4v) is 3.26. The number of aromatic nitrogens is 4. The second-order valence-electron chi connectivity index (χ2n) is 6.42. The molecule has 0 fully saturated rings. The van der Waals surface area contributed by atoms with Crippen LogP contribution in [0.15, 0.2) is 49.2 Å². The molecule has 1 aliphatic heterocycles. The first-order valence-electron chi connectivity index (χ1n) is 8.62. The van der Waals surface area contributed by atoms with E-state index in [2.05, 4.69) is 16.7 Å². The Hall–Kier alpha value is -3.35. The summed E-state index contributed by atoms with van der Waals surface area (Å²) in [5.41, 5.74) is 3.78. The Morgan fingerprint density at radius 1 is 1.30 bits per heavy atom. The highest BCUT2D eigenvalue weighted by Gasteiger charge is 2.26. The molecule has 0 saturated carbocycles. The third kappa shape index (κ3) is 3.23. The average Bonchev–Trinajstić information content (AvgIpc) is 3.12. The van der Waals surface area contributed by atoms with Crippen molar-refractivity contribution in [1.29, 1.82) is 0 Å². The maximum Gasteiger partial charge on any atom is 0.246 e. The highest BCUT2D eigenvalue weighted by atomic mass is 19.1. The van der Waals surface area contributed by atoms with Crippen molar-refractivity contribution in [1.82, 2.24) is 24.6 Å². The summed E-state index contributed by atoms with van der Waals surface area (Å²) in [6.45, 7) is 4.49. The van der Waals surface area contributed by atoms with Gasteiger partial charge in [0.25, 0.3) is 0 Å². The molecule has 0 unspecified atom stereocenters. The van der Waals surface area contributed by atoms with Gasteiger partial charge >= 0.3 is 0 Å². The highest BCUT2D eigenvalue weighted by molar-refractivity contribution is 5.87. The van der Waals surface area contributed by atoms with Gasteiger partial charge in [0.1, 0.15) is 11.5 Å². The third-order valence-electron chi connectivity index (χ3n) is 4.59. The topological polar surface area (TPSA) is 63.9 Å². The molecule has 0 aliphatic carbocycles. The fourth-order valence-electron chi connectivity index (χ4n) is 3.26. The van der Waals surface area contributed by atoms with E-state index < -0.39 is 0 Å². The van der Waals surface area contributed by atoms with Crippen LogP contribution in [0.5, 0.6) is 0 Å². The lowest BCUT2D eigenvalue weighted by atomic mass is 10.0. The van der Waals surface area contributed by atoms with E-state index in [0.717, 1.165) is 22.6 Å². The maximum absolute atomic E-state index is 13.7. The minimum atomic E-state index is -0.350. The van der Waals surface area contributed by atoms with Crippen molar-refractivity contribution in [2.75, 3.05) is 6.54 Å². The summed E-state index contributed by atoms with van der Waals surface area (Å²) < 4.78 is 15.4. The molecule has 3 aromatic rings. The van der Waals surface area contributed by atoms with Crippen LogP contribution in [0.4, 0.5) is 4.39 Å². The molecule has 1 aromatic carbocycles. The summed E-state index contributed by atoms with van der Waals surface area (Å²) in [7, 11) is 1.84. The molecule has 2 aromatic heterocycles. The molecule has 0 atom stereocenters. The number of carbonyl (C=O) groups is 1. The lowest BCUT2D eigenvalue weighted by Gasteiger charge is -2.28. The molecule has 4 rings (SSSR count). The smallest absolute Gasteiger partial charge is 0.246 e. The molecule has 6 nitrogen and oxygen atoms in total. The summed E-state index contributed by atoms with van der Waals surface area (Å²) >= 11 is 0. The number of nitrogens with zero attached hydrogens (tertiary/aromatic N) is 5. The first kappa shape index (κ1) is 17.1. The highest BCUT2D eigenvalue weighted by Crippen LogP contribution is 2.30. The molecular formula is C20H18FN5O. The number of aryl methyl sites for hydroxylation is 1. The standard InChI is InChI=1S/C20H18FN5O/c1-3-18(27)26-10-7-15-17(12-26)22-20(13-5-4-6-14(21)11-13)23-19(15)16-8-9-25(2)24-16/h3-6,8-9,11H,1,7,10,12H2,2H3. The zero-order valence-electron chi connectivity index (χ0n) is 14.9. The second-order valence-corrected chi connectivity index (χ2v) is 6.42. The third-order valence-corrected chi connectivity index (χ3v) is 4.59. The number of benzene rings is 1. The zero-order valence-corrected chi connectivity index (χ0v) is 14.9. The molecule has 0 spiro atoms. The first-order valence-corrected chi connectivity index (χ1v) is 8.62. The van der Waals surface area contributed by atoms with Gasteiger partial charge in [-0.1, -0.05) is 18.7 Å². The average molecular weight is 363 g/mol. The summed E-state index contributed by atoms with van der Waals surface area (Å²) in [5, 5.41) is 4.47. The van der Waals surface area contributed by atoms with Gasteiger partial charge in [0, 0.05) is 30.9 Å². The predicted molar refractivity (Wildman–Crippen MR) is 98.9 cm³/mol. The van der Waals surface area contributed by atoms with Crippen molar-refractivity contribution >= 4 is 5.91 Å². The van der Waals surface area contributed by atoms with Crippen molar-refractivity contribution in [2.45, 2.75) is 13.0 Å². The maximum atomic E-state index is 13.7. The fraction of sp³-hybridized carbons (Fsp3) is 0.200. The number of hydrogen-bond donors (Lipinski definition) is 0. The summed E-state index contributed by atoms with van der Waals surface area (Å²) in [4.78, 5) is 23.1. The largest absolute Gasteiger partial charge is 0.333 e. The van der Waals surface area contributed by atoms with Gasteiger partial charge in [0.05, 0.1) is 17.9 Å². The lowest BCUT2D eigenvalue weighted by Crippen LogP contribution is -2.35. The van der Waals surface area contributed by atoms with Crippen LogP contribution in [0.2, 0.25) is 0 Å². The molecule has 0 radical (unpaired) electrons. The monoisotopic (exact) mass is 363 g/mol. The van der Waals surface area contributed by atoms with E-state index in [1.807, 2.05) is 19.3 Å². The van der Waals surface area contributed by atoms with Crippen LogP contribution in [0, 0.1) is 5.82 Å². The number of halogens is 1. The van der Waals surface area contributed by atoms with E-state index in [9.17, 15) is 9.18 Å². The molecular weight excluding hydrogens is 345 g/mol. The van der Waals surface area contributed by atoms with Gasteiger partial charge < -0.3 is 4.90 Å². The molecule has 7 heteroatoms. The minimum Gasteiger partial charge on any atom is -0.333 e. The minimum absolute atomic E-state index is 0.133. The van der Waals surface area contributed by atoms with Crippen molar-refractivity contribution in [3.8, 4) is 22.8 Å². The molecule has 1 amide bonds. The van der Waals surface area contributed by atoms with E-state index in [1.165, 1.54) is 18.2 Å². The molecule has 1 aliphatic rings. The predicted octanol–water partition coefficient (Wildman–Crippen LogP) is 2.75. The van der Waals surface area contributed by atoms with Gasteiger partial charge in [-0.15, -0.1) is 0 Å². The van der Waals surface area contributed by atoms with Crippen LogP contribution in [0.3, 0.4) is 0 Å². The van der Waals surface area contributed by atoms with Gasteiger partial charge in [0.15, 0.2) is 5.82 Å². The van der Waals surface area contributed by atoms with Crippen molar-refractivity contribution in [3.63, 3.8) is 0 Å². The molecule has 0 N–H and O–H groups in total. The quantitative estimate of drug-likeness (QED) is 0.671. The Kier molecular flexibility index (Phi) is 4.27. The van der Waals surface area contributed by atoms with Crippen molar-refractivity contribution in [2.24, 2.45) is 7.05 Å². The number of carbonyl (C=O) groups excluding carboxylic acids is 1. The number of rotatable bonds is 3. The van der Waals surface area contributed by atoms with E-state index in [0.29, 0.717) is 30.9 Å². The van der Waals surface area contributed by atoms with E-state index in [4.69, 9.17) is 4.98 Å². The Labute approximate surface area is 156 Å². The number of hydrogen-bond acceptors (Lipinski definition) is 4. The van der Waals surface area contributed by atoms with Gasteiger partial charge in [-0.2, -0.15) is 5.10 Å². The Bertz CT molecular complexity index is 1040. The molecule has 136 valence electrons. The van der Waals surface area contributed by atoms with Crippen LogP contribution < -0.4 is 0 Å². The van der Waals surface area contributed by atoms with Crippen LogP contribution >= 0.6 is 0 Å². The van der Waals surface area contributed by atoms with Gasteiger partial charge in [-0.3, -0.25) is 9.48 Å². The van der Waals surface area contributed by atoms with Crippen LogP contribution in [-0.2, 0) is 24.8 Å². The number of fused-ring (bicyclic) bond motifs is 1. The van der Waals surface area contributed by atoms with Crippen LogP contribution in [0.25, 0.3) is 22.8 Å². The molecule has 0 saturated heterocycles. The number of amides is 1. The van der Waals surface area contributed by atoms with E-state index in [1.54, 1.807) is 21.7 Å². The van der Waals surface area contributed by atoms with Gasteiger partial charge in [-0.05, 0) is 30.7 Å². The summed E-state index contributed by atoms with van der Waals surface area (Å²) in [5.74, 6) is -0.0653. The Morgan fingerprint density at radius 3 is 2.85 bits per heavy atom.